The topological polar surface area (TPSA) is 29.4 Å². The Kier molecular flexibility index (Phi) is 4.53. The summed E-state index contributed by atoms with van der Waals surface area (Å²) in [7, 11) is -1.22. The Bertz CT molecular complexity index is 330. The van der Waals surface area contributed by atoms with Gasteiger partial charge in [-0.2, -0.15) is 4.40 Å². The van der Waals surface area contributed by atoms with Crippen LogP contribution in [0.25, 0.3) is 0 Å². The molecule has 0 saturated heterocycles. The second-order valence-corrected chi connectivity index (χ2v) is 4.32. The lowest BCUT2D eigenvalue weighted by Gasteiger charge is -1.96. The molecule has 0 aliphatic rings. The molecule has 0 spiro atoms. The maximum atomic E-state index is 11.5. The fraction of sp³-hybridized carbons (Fsp3) is 0.364. The van der Waals surface area contributed by atoms with Gasteiger partial charge in [0.15, 0.2) is 11.0 Å². The molecule has 0 N–H and O–H groups in total. The third kappa shape index (κ3) is 3.42. The zero-order valence-electron chi connectivity index (χ0n) is 8.56. The molecule has 3 heteroatoms. The summed E-state index contributed by atoms with van der Waals surface area (Å²) >= 11 is 0. The smallest absolute Gasteiger partial charge is 0.172 e. The predicted octanol–water partition coefficient (Wildman–Crippen LogP) is 2.89. The van der Waals surface area contributed by atoms with Crippen molar-refractivity contribution in [1.82, 2.24) is 0 Å². The van der Waals surface area contributed by atoms with Crippen LogP contribution < -0.4 is 0 Å². The highest BCUT2D eigenvalue weighted by Crippen LogP contribution is 2.08. The summed E-state index contributed by atoms with van der Waals surface area (Å²) in [5.41, 5.74) is 1.17. The van der Waals surface area contributed by atoms with Crippen molar-refractivity contribution in [2.75, 3.05) is 0 Å². The molecule has 14 heavy (non-hydrogen) atoms. The van der Waals surface area contributed by atoms with Gasteiger partial charge < -0.3 is 0 Å². The first-order valence-electron chi connectivity index (χ1n) is 4.75. The third-order valence-corrected chi connectivity index (χ3v) is 2.83. The summed E-state index contributed by atoms with van der Waals surface area (Å²) in [4.78, 5) is 0.767. The van der Waals surface area contributed by atoms with Crippen LogP contribution in [0.5, 0.6) is 0 Å². The molecule has 0 heterocycles. The van der Waals surface area contributed by atoms with E-state index < -0.39 is 11.0 Å². The quantitative estimate of drug-likeness (QED) is 0.701. The summed E-state index contributed by atoms with van der Waals surface area (Å²) in [6, 6.07) is 7.61. The summed E-state index contributed by atoms with van der Waals surface area (Å²) in [6.07, 6.45) is 3.65. The summed E-state index contributed by atoms with van der Waals surface area (Å²) in [5.74, 6) is 0. The van der Waals surface area contributed by atoms with Gasteiger partial charge in [-0.3, -0.25) is 0 Å². The van der Waals surface area contributed by atoms with Crippen LogP contribution in [0, 0.1) is 6.92 Å². The van der Waals surface area contributed by atoms with E-state index >= 15 is 0 Å². The molecule has 76 valence electrons. The van der Waals surface area contributed by atoms with E-state index in [-0.39, 0.29) is 0 Å². The van der Waals surface area contributed by atoms with Crippen LogP contribution in [0.15, 0.2) is 33.6 Å². The number of hydrogen-bond acceptors (Lipinski definition) is 1. The number of rotatable bonds is 4. The van der Waals surface area contributed by atoms with Gasteiger partial charge in [0, 0.05) is 6.21 Å². The Labute approximate surface area is 87.7 Å². The Morgan fingerprint density at radius 2 is 2.00 bits per heavy atom. The maximum absolute atomic E-state index is 11.5. The molecule has 0 saturated carbocycles. The molecule has 1 rings (SSSR count). The molecule has 0 fully saturated rings. The van der Waals surface area contributed by atoms with E-state index in [1.54, 1.807) is 6.21 Å². The monoisotopic (exact) mass is 209 g/mol. The highest BCUT2D eigenvalue weighted by molar-refractivity contribution is 7.83. The first-order valence-corrected chi connectivity index (χ1v) is 5.86. The van der Waals surface area contributed by atoms with E-state index in [4.69, 9.17) is 0 Å². The summed E-state index contributed by atoms with van der Waals surface area (Å²) in [5, 5.41) is 0. The van der Waals surface area contributed by atoms with Crippen LogP contribution in [0.3, 0.4) is 0 Å². The predicted molar refractivity (Wildman–Crippen MR) is 61.0 cm³/mol. The molecule has 0 unspecified atom stereocenters. The van der Waals surface area contributed by atoms with Crippen LogP contribution in [0.2, 0.25) is 0 Å². The van der Waals surface area contributed by atoms with Crippen LogP contribution in [-0.4, -0.2) is 10.4 Å². The molecule has 0 aromatic heterocycles. The average molecular weight is 209 g/mol. The maximum Gasteiger partial charge on any atom is 0.172 e. The first kappa shape index (κ1) is 11.1. The van der Waals surface area contributed by atoms with Gasteiger partial charge in [-0.25, -0.2) is 4.21 Å². The molecule has 0 radical (unpaired) electrons. The molecule has 2 nitrogen and oxygen atoms in total. The van der Waals surface area contributed by atoms with Gasteiger partial charge in [-0.15, -0.1) is 0 Å². The fourth-order valence-corrected chi connectivity index (χ4v) is 1.70. The van der Waals surface area contributed by atoms with Crippen molar-refractivity contribution >= 4 is 17.2 Å². The first-order chi connectivity index (χ1) is 6.74. The second kappa shape index (κ2) is 5.70. The van der Waals surface area contributed by atoms with Gasteiger partial charge >= 0.3 is 0 Å². The van der Waals surface area contributed by atoms with Crippen molar-refractivity contribution in [2.24, 2.45) is 4.40 Å². The van der Waals surface area contributed by atoms with Crippen molar-refractivity contribution < 1.29 is 4.21 Å². The highest BCUT2D eigenvalue weighted by Gasteiger charge is 1.98. The van der Waals surface area contributed by atoms with Crippen molar-refractivity contribution in [3.05, 3.63) is 29.8 Å². The average Bonchev–Trinajstić information content (AvgIpc) is 2.19. The Morgan fingerprint density at radius 1 is 1.36 bits per heavy atom. The van der Waals surface area contributed by atoms with Gasteiger partial charge in [0.25, 0.3) is 0 Å². The van der Waals surface area contributed by atoms with E-state index in [0.29, 0.717) is 0 Å². The molecular weight excluding hydrogens is 194 g/mol. The molecular formula is C11H15NOS. The Balaban J connectivity index is 2.65. The minimum atomic E-state index is -1.22. The van der Waals surface area contributed by atoms with Crippen LogP contribution in [0.4, 0.5) is 0 Å². The largest absolute Gasteiger partial charge is 0.230 e. The fourth-order valence-electron chi connectivity index (χ4n) is 0.965. The van der Waals surface area contributed by atoms with E-state index in [9.17, 15) is 4.21 Å². The van der Waals surface area contributed by atoms with E-state index in [1.165, 1.54) is 5.56 Å². The zero-order valence-corrected chi connectivity index (χ0v) is 9.38. The third-order valence-electron chi connectivity index (χ3n) is 1.81. The number of aryl methyl sites for hydroxylation is 1. The number of nitrogens with zero attached hydrogens (tertiary/aromatic N) is 1. The van der Waals surface area contributed by atoms with E-state index in [2.05, 4.69) is 11.3 Å². The van der Waals surface area contributed by atoms with Gasteiger partial charge in [0.1, 0.15) is 0 Å². The minimum Gasteiger partial charge on any atom is -0.230 e. The lowest BCUT2D eigenvalue weighted by molar-refractivity contribution is 0.684. The van der Waals surface area contributed by atoms with Crippen molar-refractivity contribution in [2.45, 2.75) is 31.6 Å². The van der Waals surface area contributed by atoms with Gasteiger partial charge in [-0.05, 0) is 25.5 Å². The van der Waals surface area contributed by atoms with Gasteiger partial charge in [-0.1, -0.05) is 31.0 Å². The summed E-state index contributed by atoms with van der Waals surface area (Å²) in [6.45, 7) is 4.08. The lowest BCUT2D eigenvalue weighted by Crippen LogP contribution is -1.87. The van der Waals surface area contributed by atoms with Crippen molar-refractivity contribution in [3.63, 3.8) is 0 Å². The van der Waals surface area contributed by atoms with Crippen molar-refractivity contribution in [1.29, 1.82) is 0 Å². The van der Waals surface area contributed by atoms with Gasteiger partial charge in [0.2, 0.25) is 0 Å². The normalized spacial score (nSPS) is 13.3. The number of hydrogen-bond donors (Lipinski definition) is 0. The van der Waals surface area contributed by atoms with Crippen LogP contribution in [0.1, 0.15) is 25.3 Å². The molecule has 0 aliphatic carbocycles. The van der Waals surface area contributed by atoms with E-state index in [0.717, 1.165) is 17.7 Å². The second-order valence-electron chi connectivity index (χ2n) is 3.14. The molecule has 1 aromatic rings. The van der Waals surface area contributed by atoms with Crippen LogP contribution >= 0.6 is 0 Å². The number of benzene rings is 1. The Hall–Kier alpha value is -0.960. The minimum absolute atomic E-state index is 0.767. The van der Waals surface area contributed by atoms with Gasteiger partial charge in [0.05, 0.1) is 4.90 Å². The standard InChI is InChI=1S/C11H15NOS/c1-3-4-9-12-14(13)11-7-5-10(2)6-8-11/h5-9H,3-4H2,1-2H3/b12-9+/t14-/m0/s1. The van der Waals surface area contributed by atoms with Crippen molar-refractivity contribution in [3.8, 4) is 0 Å². The number of unbranched alkanes of at least 4 members (excludes halogenated alkanes) is 1. The molecule has 1 aromatic carbocycles. The molecule has 1 atom stereocenters. The van der Waals surface area contributed by atoms with Crippen LogP contribution in [-0.2, 0) is 11.0 Å². The highest BCUT2D eigenvalue weighted by atomic mass is 32.2. The Morgan fingerprint density at radius 3 is 2.57 bits per heavy atom. The zero-order chi connectivity index (χ0) is 10.4. The SMILES string of the molecule is CCC/C=N/[S@@](=O)c1ccc(C)cc1. The molecule has 0 bridgehead atoms. The lowest BCUT2D eigenvalue weighted by atomic mass is 10.2. The van der Waals surface area contributed by atoms with E-state index in [1.807, 2.05) is 31.2 Å². The molecule has 0 amide bonds. The molecule has 0 aliphatic heterocycles. The summed E-state index contributed by atoms with van der Waals surface area (Å²) < 4.78 is 15.5.